The molecule has 0 aromatic carbocycles. The summed E-state index contributed by atoms with van der Waals surface area (Å²) in [4.78, 5) is 26.1. The molecule has 0 spiro atoms. The number of carbonyl (C=O) groups excluding carboxylic acids is 1. The van der Waals surface area contributed by atoms with Crippen LogP contribution in [0.4, 0.5) is 19.0 Å². The van der Waals surface area contributed by atoms with Crippen LogP contribution in [-0.2, 0) is 18.7 Å². The van der Waals surface area contributed by atoms with Gasteiger partial charge in [0.2, 0.25) is 0 Å². The molecule has 0 radical (unpaired) electrons. The molecule has 1 aliphatic rings. The number of hydrogen-bond acceptors (Lipinski definition) is 8. The van der Waals surface area contributed by atoms with Gasteiger partial charge in [0.1, 0.15) is 24.3 Å². The van der Waals surface area contributed by atoms with Crippen molar-refractivity contribution in [3.05, 3.63) is 18.1 Å². The first-order valence-corrected chi connectivity index (χ1v) is 17.7. The Hall–Kier alpha value is -2.64. The van der Waals surface area contributed by atoms with Crippen molar-refractivity contribution in [1.82, 2.24) is 24.8 Å². The van der Waals surface area contributed by atoms with Crippen molar-refractivity contribution < 1.29 is 31.9 Å². The van der Waals surface area contributed by atoms with Crippen LogP contribution in [0.1, 0.15) is 39.0 Å². The predicted octanol–water partition coefficient (Wildman–Crippen LogP) is 4.70. The van der Waals surface area contributed by atoms with Crippen molar-refractivity contribution in [3.8, 4) is 11.8 Å². The fourth-order valence-electron chi connectivity index (χ4n) is 3.87. The van der Waals surface area contributed by atoms with Crippen LogP contribution in [-0.4, -0.2) is 97.8 Å². The van der Waals surface area contributed by atoms with E-state index in [1.54, 1.807) is 34.5 Å². The average Bonchev–Trinajstić information content (AvgIpc) is 3.47. The molecule has 3 rings (SSSR count). The van der Waals surface area contributed by atoms with Gasteiger partial charge in [-0.2, -0.15) is 13.2 Å². The summed E-state index contributed by atoms with van der Waals surface area (Å²) in [5.41, 5.74) is 0.933. The van der Waals surface area contributed by atoms with Gasteiger partial charge in [0.15, 0.2) is 14.1 Å². The van der Waals surface area contributed by atoms with Crippen molar-refractivity contribution in [2.45, 2.75) is 69.9 Å². The highest BCUT2D eigenvalue weighted by atomic mass is 32.2. The lowest BCUT2D eigenvalue weighted by molar-refractivity contribution is -0.173. The molecule has 1 amide bonds. The van der Waals surface area contributed by atoms with Gasteiger partial charge in [0.05, 0.1) is 42.5 Å². The fraction of sp³-hybridized carbons (Fsp3) is 0.630. The Morgan fingerprint density at radius 2 is 2.05 bits per heavy atom. The Morgan fingerprint density at radius 3 is 2.67 bits per heavy atom. The quantitative estimate of drug-likeness (QED) is 0.133. The number of nitrogens with zero attached hydrogens (tertiary/aromatic N) is 5. The molecular formula is C27H39F3N6O4SSi. The van der Waals surface area contributed by atoms with E-state index < -0.39 is 33.2 Å². The third-order valence-corrected chi connectivity index (χ3v) is 12.0. The summed E-state index contributed by atoms with van der Waals surface area (Å²) in [5, 5.41) is 2.30. The monoisotopic (exact) mass is 628 g/mol. The lowest BCUT2D eigenvalue weighted by Crippen LogP contribution is -2.44. The van der Waals surface area contributed by atoms with Crippen molar-refractivity contribution >= 4 is 49.2 Å². The summed E-state index contributed by atoms with van der Waals surface area (Å²) in [7, 11) is 1.57. The van der Waals surface area contributed by atoms with E-state index in [1.165, 1.54) is 6.33 Å². The molecule has 1 aliphatic heterocycles. The minimum Gasteiger partial charge on any atom is -0.414 e. The van der Waals surface area contributed by atoms with Gasteiger partial charge in [-0.25, -0.2) is 15.0 Å². The summed E-state index contributed by atoms with van der Waals surface area (Å²) < 4.78 is 58.7. The summed E-state index contributed by atoms with van der Waals surface area (Å²) in [6.07, 6.45) is 1.14. The number of amides is 1. The second-order valence-electron chi connectivity index (χ2n) is 11.6. The minimum absolute atomic E-state index is 0.0325. The summed E-state index contributed by atoms with van der Waals surface area (Å²) in [5.74, 6) is 4.22. The maximum absolute atomic E-state index is 12.6. The second-order valence-corrected chi connectivity index (χ2v) is 17.2. The molecule has 15 heteroatoms. The molecular weight excluding hydrogens is 589 g/mol. The van der Waals surface area contributed by atoms with E-state index in [9.17, 15) is 18.0 Å². The van der Waals surface area contributed by atoms with Crippen molar-refractivity contribution in [2.75, 3.05) is 39.4 Å². The number of aliphatic imine (C=N–C) groups is 1. The number of alkyl halides is 3. The van der Waals surface area contributed by atoms with Crippen LogP contribution in [0.5, 0.6) is 0 Å². The van der Waals surface area contributed by atoms with E-state index in [2.05, 4.69) is 60.7 Å². The van der Waals surface area contributed by atoms with Crippen molar-refractivity contribution in [1.29, 1.82) is 0 Å². The number of ether oxygens (including phenoxy) is 2. The molecule has 0 bridgehead atoms. The first kappa shape index (κ1) is 33.9. The van der Waals surface area contributed by atoms with Crippen LogP contribution in [0, 0.1) is 11.8 Å². The highest BCUT2D eigenvalue weighted by Crippen LogP contribution is 2.40. The first-order chi connectivity index (χ1) is 19.5. The zero-order chi connectivity index (χ0) is 31.3. The normalized spacial score (nSPS) is 19.7. The van der Waals surface area contributed by atoms with Gasteiger partial charge in [-0.05, 0) is 24.4 Å². The maximum atomic E-state index is 12.6. The van der Waals surface area contributed by atoms with Crippen molar-refractivity contribution in [3.63, 3.8) is 0 Å². The summed E-state index contributed by atoms with van der Waals surface area (Å²) >= 11 is 1.57. The SMILES string of the molecule is CSCO[C@H]1C[C@H](n2cc(C#CCNC(=O)C(F)(F)F)c3c(N=CN(C)C)ncnc32)O[C@@H]1CO[Si](C)(C)C(C)(C)C. The number of carbonyl (C=O) groups is 1. The highest BCUT2D eigenvalue weighted by Gasteiger charge is 2.42. The molecule has 1 saturated heterocycles. The van der Waals surface area contributed by atoms with Gasteiger partial charge in [-0.3, -0.25) is 4.79 Å². The molecule has 10 nitrogen and oxygen atoms in total. The second kappa shape index (κ2) is 13.8. The Kier molecular flexibility index (Phi) is 11.1. The first-order valence-electron chi connectivity index (χ1n) is 13.3. The molecule has 2 aromatic heterocycles. The van der Waals surface area contributed by atoms with Crippen molar-refractivity contribution in [2.24, 2.45) is 4.99 Å². The Morgan fingerprint density at radius 1 is 1.33 bits per heavy atom. The van der Waals surface area contributed by atoms with Gasteiger partial charge in [-0.1, -0.05) is 32.6 Å². The van der Waals surface area contributed by atoms with E-state index in [-0.39, 0.29) is 17.2 Å². The Balaban J connectivity index is 1.97. The third-order valence-electron chi connectivity index (χ3n) is 7.12. The lowest BCUT2D eigenvalue weighted by atomic mass is 10.2. The highest BCUT2D eigenvalue weighted by molar-refractivity contribution is 7.98. The van der Waals surface area contributed by atoms with Gasteiger partial charge in [0, 0.05) is 26.7 Å². The standard InChI is InChI=1S/C27H39F3N6O4SSi/c1-26(2,3)42(7,8)39-14-20-19(38-17-41-6)12-21(40-20)36-13-18(10-9-11-31-25(37)27(28,29)30)22-23(34-16-35(4)5)32-15-33-24(22)36/h13,15-16,19-21H,11-12,14,17H2,1-8H3,(H,31,37)/t19-,20+,21+/m0/s1. The van der Waals surface area contributed by atoms with E-state index in [0.29, 0.717) is 41.4 Å². The van der Waals surface area contributed by atoms with Crippen LogP contribution >= 0.6 is 11.8 Å². The molecule has 232 valence electrons. The molecule has 2 aromatic rings. The number of thioether (sulfide) groups is 1. The lowest BCUT2D eigenvalue weighted by Gasteiger charge is -2.37. The van der Waals surface area contributed by atoms with Crippen LogP contribution in [0.2, 0.25) is 18.1 Å². The van der Waals surface area contributed by atoms with Crippen LogP contribution in [0.25, 0.3) is 11.0 Å². The molecule has 3 atom stereocenters. The molecule has 42 heavy (non-hydrogen) atoms. The fourth-order valence-corrected chi connectivity index (χ4v) is 5.20. The smallest absolute Gasteiger partial charge is 0.414 e. The van der Waals surface area contributed by atoms with Crippen LogP contribution in [0.15, 0.2) is 17.5 Å². The zero-order valence-corrected chi connectivity index (χ0v) is 27.0. The number of nitrogens with one attached hydrogen (secondary N) is 1. The van der Waals surface area contributed by atoms with E-state index in [4.69, 9.17) is 13.9 Å². The maximum Gasteiger partial charge on any atom is 0.471 e. The minimum atomic E-state index is -4.99. The van der Waals surface area contributed by atoms with Gasteiger partial charge in [0.25, 0.3) is 0 Å². The predicted molar refractivity (Wildman–Crippen MR) is 160 cm³/mol. The molecule has 0 aliphatic carbocycles. The molecule has 0 unspecified atom stereocenters. The number of hydrogen-bond donors (Lipinski definition) is 1. The summed E-state index contributed by atoms with van der Waals surface area (Å²) in [6, 6.07) is 0. The van der Waals surface area contributed by atoms with Crippen LogP contribution in [0.3, 0.4) is 0 Å². The average molecular weight is 629 g/mol. The topological polar surface area (TPSA) is 103 Å². The Bertz CT molecular complexity index is 1330. The van der Waals surface area contributed by atoms with E-state index >= 15 is 0 Å². The summed E-state index contributed by atoms with van der Waals surface area (Å²) in [6.45, 7) is 10.8. The number of rotatable bonds is 10. The molecule has 3 heterocycles. The molecule has 0 saturated carbocycles. The molecule has 1 N–H and O–H groups in total. The largest absolute Gasteiger partial charge is 0.471 e. The Labute approximate surface area is 249 Å². The number of fused-ring (bicyclic) bond motifs is 1. The van der Waals surface area contributed by atoms with E-state index in [1.807, 2.05) is 24.9 Å². The number of halogens is 3. The van der Waals surface area contributed by atoms with Crippen LogP contribution < -0.4 is 5.32 Å². The van der Waals surface area contributed by atoms with E-state index in [0.717, 1.165) is 0 Å². The molecule has 1 fully saturated rings. The van der Waals surface area contributed by atoms with Gasteiger partial charge < -0.3 is 28.7 Å². The van der Waals surface area contributed by atoms with Gasteiger partial charge in [-0.15, -0.1) is 11.8 Å². The van der Waals surface area contributed by atoms with Gasteiger partial charge >= 0.3 is 12.1 Å². The number of aromatic nitrogens is 3. The zero-order valence-electron chi connectivity index (χ0n) is 25.2. The third kappa shape index (κ3) is 8.47.